The molecule has 0 unspecified atom stereocenters. The highest BCUT2D eigenvalue weighted by Gasteiger charge is 2.27. The van der Waals surface area contributed by atoms with E-state index in [9.17, 15) is 13.2 Å². The maximum absolute atomic E-state index is 12.8. The van der Waals surface area contributed by atoms with E-state index >= 15 is 0 Å². The van der Waals surface area contributed by atoms with Crippen molar-refractivity contribution in [2.75, 3.05) is 18.8 Å². The summed E-state index contributed by atoms with van der Waals surface area (Å²) in [6.45, 7) is 1.62. The van der Waals surface area contributed by atoms with Gasteiger partial charge in [0.15, 0.2) is 0 Å². The second kappa shape index (κ2) is 5.59. The lowest BCUT2D eigenvalue weighted by Gasteiger charge is -2.31. The zero-order chi connectivity index (χ0) is 16.7. The van der Waals surface area contributed by atoms with Gasteiger partial charge in [0.05, 0.1) is 11.3 Å². The molecule has 0 fully saturated rings. The summed E-state index contributed by atoms with van der Waals surface area (Å²) in [7, 11) is -3.37. The minimum absolute atomic E-state index is 0.0284. The van der Waals surface area contributed by atoms with Crippen molar-refractivity contribution in [3.8, 4) is 0 Å². The van der Waals surface area contributed by atoms with E-state index in [0.29, 0.717) is 31.0 Å². The van der Waals surface area contributed by atoms with E-state index in [-0.39, 0.29) is 11.7 Å². The highest BCUT2D eigenvalue weighted by atomic mass is 32.2. The lowest BCUT2D eigenvalue weighted by Crippen LogP contribution is -2.40. The van der Waals surface area contributed by atoms with E-state index in [1.807, 2.05) is 17.0 Å². The van der Waals surface area contributed by atoms with E-state index in [1.165, 1.54) is 11.1 Å². The molecule has 7 heteroatoms. The first-order chi connectivity index (χ1) is 11.5. The fraction of sp³-hybridized carbons (Fsp3) is 0.294. The summed E-state index contributed by atoms with van der Waals surface area (Å²) in [5.41, 5.74) is 3.04. The fourth-order valence-electron chi connectivity index (χ4n) is 3.18. The van der Waals surface area contributed by atoms with Gasteiger partial charge in [-0.1, -0.05) is 24.3 Å². The first-order valence-corrected chi connectivity index (χ1v) is 9.48. The summed E-state index contributed by atoms with van der Waals surface area (Å²) in [6, 6.07) is 8.17. The van der Waals surface area contributed by atoms with Crippen molar-refractivity contribution in [1.82, 2.24) is 9.80 Å². The maximum atomic E-state index is 12.8. The predicted octanol–water partition coefficient (Wildman–Crippen LogP) is 1.07. The molecule has 0 saturated carbocycles. The van der Waals surface area contributed by atoms with Crippen LogP contribution in [0.15, 0.2) is 52.6 Å². The summed E-state index contributed by atoms with van der Waals surface area (Å²) >= 11 is 0. The Morgan fingerprint density at radius 1 is 1.08 bits per heavy atom. The number of sulfonamides is 1. The predicted molar refractivity (Wildman–Crippen MR) is 90.7 cm³/mol. The number of hydrogen-bond acceptors (Lipinski definition) is 4. The van der Waals surface area contributed by atoms with Gasteiger partial charge in [-0.05, 0) is 29.7 Å². The van der Waals surface area contributed by atoms with Crippen LogP contribution in [0, 0.1) is 0 Å². The normalized spacial score (nSPS) is 21.5. The standard InChI is InChI=1S/C17H17N3O3S/c21-17(20-8-7-13-3-1-2-4-14(13)11-20)15-5-6-16-18-24(22,23)10-9-19(16)12-15/h1-6,12H,7-11H2. The molecule has 6 nitrogen and oxygen atoms in total. The molecule has 24 heavy (non-hydrogen) atoms. The number of carbonyl (C=O) groups is 1. The molecule has 124 valence electrons. The number of benzene rings is 1. The molecule has 0 bridgehead atoms. The van der Waals surface area contributed by atoms with Gasteiger partial charge in [-0.25, -0.2) is 8.42 Å². The molecule has 1 aromatic carbocycles. The zero-order valence-electron chi connectivity index (χ0n) is 13.1. The number of carbonyl (C=O) groups excluding carboxylic acids is 1. The Balaban J connectivity index is 1.55. The van der Waals surface area contributed by atoms with Crippen molar-refractivity contribution < 1.29 is 13.2 Å². The fourth-order valence-corrected chi connectivity index (χ4v) is 4.15. The molecule has 3 heterocycles. The van der Waals surface area contributed by atoms with Crippen LogP contribution in [-0.4, -0.2) is 48.8 Å². The number of fused-ring (bicyclic) bond motifs is 2. The van der Waals surface area contributed by atoms with E-state index in [0.717, 1.165) is 6.42 Å². The topological polar surface area (TPSA) is 70.0 Å². The molecule has 0 saturated heterocycles. The molecule has 0 aliphatic carbocycles. The summed E-state index contributed by atoms with van der Waals surface area (Å²) in [4.78, 5) is 16.3. The molecule has 0 spiro atoms. The van der Waals surface area contributed by atoms with Gasteiger partial charge in [0, 0.05) is 25.8 Å². The molecule has 0 aromatic heterocycles. The smallest absolute Gasteiger partial charge is 0.256 e. The maximum Gasteiger partial charge on any atom is 0.256 e. The van der Waals surface area contributed by atoms with Crippen molar-refractivity contribution in [2.24, 2.45) is 4.40 Å². The lowest BCUT2D eigenvalue weighted by atomic mass is 9.99. The molecule has 3 aliphatic rings. The zero-order valence-corrected chi connectivity index (χ0v) is 13.9. The number of hydrogen-bond donors (Lipinski definition) is 0. The Morgan fingerprint density at radius 2 is 1.88 bits per heavy atom. The van der Waals surface area contributed by atoms with Crippen LogP contribution in [0.25, 0.3) is 0 Å². The molecule has 0 N–H and O–H groups in total. The molecule has 4 rings (SSSR count). The van der Waals surface area contributed by atoms with Gasteiger partial charge in [0.2, 0.25) is 0 Å². The van der Waals surface area contributed by atoms with Gasteiger partial charge in [0.1, 0.15) is 5.84 Å². The van der Waals surface area contributed by atoms with E-state index < -0.39 is 10.0 Å². The highest BCUT2D eigenvalue weighted by molar-refractivity contribution is 7.90. The van der Waals surface area contributed by atoms with Gasteiger partial charge >= 0.3 is 0 Å². The van der Waals surface area contributed by atoms with Crippen molar-refractivity contribution in [1.29, 1.82) is 0 Å². The Hall–Kier alpha value is -2.41. The van der Waals surface area contributed by atoms with Crippen LogP contribution in [0.4, 0.5) is 0 Å². The molecule has 0 radical (unpaired) electrons. The van der Waals surface area contributed by atoms with Crippen molar-refractivity contribution in [2.45, 2.75) is 13.0 Å². The third-order valence-electron chi connectivity index (χ3n) is 4.49. The van der Waals surface area contributed by atoms with Crippen LogP contribution in [-0.2, 0) is 27.8 Å². The van der Waals surface area contributed by atoms with Gasteiger partial charge in [-0.3, -0.25) is 4.79 Å². The summed E-state index contributed by atoms with van der Waals surface area (Å²) in [6.07, 6.45) is 5.81. The molecule has 0 atom stereocenters. The second-order valence-electron chi connectivity index (χ2n) is 6.09. The summed E-state index contributed by atoms with van der Waals surface area (Å²) < 4.78 is 26.8. The van der Waals surface area contributed by atoms with Crippen LogP contribution in [0.5, 0.6) is 0 Å². The van der Waals surface area contributed by atoms with Gasteiger partial charge in [-0.15, -0.1) is 4.40 Å². The van der Waals surface area contributed by atoms with Crippen LogP contribution in [0.2, 0.25) is 0 Å². The van der Waals surface area contributed by atoms with Crippen molar-refractivity contribution >= 4 is 21.8 Å². The molecule has 1 aromatic rings. The average Bonchev–Trinajstić information content (AvgIpc) is 2.59. The van der Waals surface area contributed by atoms with Crippen LogP contribution in [0.3, 0.4) is 0 Å². The molecule has 1 amide bonds. The van der Waals surface area contributed by atoms with Crippen LogP contribution < -0.4 is 0 Å². The average molecular weight is 343 g/mol. The summed E-state index contributed by atoms with van der Waals surface area (Å²) in [5, 5.41) is 0. The third kappa shape index (κ3) is 2.75. The van der Waals surface area contributed by atoms with Crippen LogP contribution in [0.1, 0.15) is 11.1 Å². The van der Waals surface area contributed by atoms with E-state index in [2.05, 4.69) is 16.5 Å². The number of rotatable bonds is 1. The number of nitrogens with zero attached hydrogens (tertiary/aromatic N) is 3. The minimum Gasteiger partial charge on any atom is -0.334 e. The monoisotopic (exact) mass is 343 g/mol. The first-order valence-electron chi connectivity index (χ1n) is 7.87. The first kappa shape index (κ1) is 15.1. The van der Waals surface area contributed by atoms with Crippen LogP contribution >= 0.6 is 0 Å². The Morgan fingerprint density at radius 3 is 2.71 bits per heavy atom. The highest BCUT2D eigenvalue weighted by Crippen LogP contribution is 2.22. The van der Waals surface area contributed by atoms with Crippen molar-refractivity contribution in [3.05, 3.63) is 59.3 Å². The van der Waals surface area contributed by atoms with E-state index in [1.54, 1.807) is 23.3 Å². The largest absolute Gasteiger partial charge is 0.334 e. The van der Waals surface area contributed by atoms with Crippen molar-refractivity contribution in [3.63, 3.8) is 0 Å². The molecule has 3 aliphatic heterocycles. The van der Waals surface area contributed by atoms with Gasteiger partial charge in [-0.2, -0.15) is 0 Å². The Bertz CT molecular complexity index is 899. The van der Waals surface area contributed by atoms with E-state index in [4.69, 9.17) is 0 Å². The van der Waals surface area contributed by atoms with Gasteiger partial charge in [0.25, 0.3) is 15.9 Å². The third-order valence-corrected chi connectivity index (χ3v) is 5.65. The molecular formula is C17H17N3O3S. The minimum atomic E-state index is -3.37. The Labute approximate surface area is 140 Å². The molecular weight excluding hydrogens is 326 g/mol. The summed E-state index contributed by atoms with van der Waals surface area (Å²) in [5.74, 6) is 0.314. The number of amides is 1. The second-order valence-corrected chi connectivity index (χ2v) is 7.85. The van der Waals surface area contributed by atoms with Gasteiger partial charge < -0.3 is 9.80 Å². The number of amidine groups is 1. The lowest BCUT2D eigenvalue weighted by molar-refractivity contribution is -0.127. The Kier molecular flexibility index (Phi) is 3.53. The SMILES string of the molecule is O=C(C1=CN2CCS(=O)(=O)N=C2C=C1)N1CCc2ccccc2C1. The quantitative estimate of drug-likeness (QED) is 0.765.